The molecule has 0 atom stereocenters. The fourth-order valence-corrected chi connectivity index (χ4v) is 4.04. The van der Waals surface area contributed by atoms with Crippen molar-refractivity contribution >= 4 is 11.9 Å². The molecule has 30 heavy (non-hydrogen) atoms. The lowest BCUT2D eigenvalue weighted by Gasteiger charge is -2.38. The van der Waals surface area contributed by atoms with Crippen molar-refractivity contribution in [1.29, 1.82) is 0 Å². The second-order valence-electron chi connectivity index (χ2n) is 8.16. The van der Waals surface area contributed by atoms with Crippen LogP contribution in [0.4, 0.5) is 4.39 Å². The molecule has 1 fully saturated rings. The van der Waals surface area contributed by atoms with Gasteiger partial charge in [-0.15, -0.1) is 0 Å². The fraction of sp³-hybridized carbons (Fsp3) is 0.478. The van der Waals surface area contributed by atoms with Crippen LogP contribution in [-0.4, -0.2) is 42.7 Å². The number of amides is 1. The maximum atomic E-state index is 13.9. The molecule has 1 saturated heterocycles. The standard InChI is InChI=1S/C23H29FN2O4/c1-14(2)30-22(28)19-15(3)20(26-16(19)4)21(27)25-13-23(8-10-29-11-9-23)17-6-5-7-18(24)12-17/h5-7,12,14,26H,8-11,13H2,1-4H3,(H,25,27). The zero-order valence-electron chi connectivity index (χ0n) is 17.9. The average molecular weight is 416 g/mol. The van der Waals surface area contributed by atoms with Gasteiger partial charge in [0.1, 0.15) is 11.5 Å². The fourth-order valence-electron chi connectivity index (χ4n) is 4.04. The van der Waals surface area contributed by atoms with E-state index in [-0.39, 0.29) is 17.8 Å². The van der Waals surface area contributed by atoms with Gasteiger partial charge >= 0.3 is 5.97 Å². The van der Waals surface area contributed by atoms with Gasteiger partial charge in [0.2, 0.25) is 0 Å². The van der Waals surface area contributed by atoms with Gasteiger partial charge in [-0.2, -0.15) is 0 Å². The van der Waals surface area contributed by atoms with Crippen molar-refractivity contribution in [2.24, 2.45) is 0 Å². The Morgan fingerprint density at radius 2 is 1.97 bits per heavy atom. The number of ether oxygens (including phenoxy) is 2. The summed E-state index contributed by atoms with van der Waals surface area (Å²) in [6, 6.07) is 6.53. The molecule has 1 amide bonds. The van der Waals surface area contributed by atoms with E-state index in [1.165, 1.54) is 12.1 Å². The zero-order chi connectivity index (χ0) is 21.9. The molecule has 6 nitrogen and oxygen atoms in total. The van der Waals surface area contributed by atoms with Crippen molar-refractivity contribution in [2.45, 2.75) is 52.1 Å². The molecular formula is C23H29FN2O4. The van der Waals surface area contributed by atoms with Gasteiger partial charge in [0, 0.05) is 30.9 Å². The van der Waals surface area contributed by atoms with Crippen molar-refractivity contribution in [3.63, 3.8) is 0 Å². The summed E-state index contributed by atoms with van der Waals surface area (Å²) >= 11 is 0. The van der Waals surface area contributed by atoms with Crippen molar-refractivity contribution in [3.05, 3.63) is 58.2 Å². The number of carbonyl (C=O) groups excluding carboxylic acids is 2. The Hall–Kier alpha value is -2.67. The second-order valence-corrected chi connectivity index (χ2v) is 8.16. The molecule has 0 spiro atoms. The first-order valence-electron chi connectivity index (χ1n) is 10.3. The molecule has 0 radical (unpaired) electrons. The van der Waals surface area contributed by atoms with Gasteiger partial charge in [-0.25, -0.2) is 9.18 Å². The van der Waals surface area contributed by atoms with E-state index in [1.807, 2.05) is 6.07 Å². The second kappa shape index (κ2) is 9.00. The number of nitrogens with one attached hydrogen (secondary N) is 2. The van der Waals surface area contributed by atoms with Gasteiger partial charge in [0.25, 0.3) is 5.91 Å². The molecule has 1 aliphatic heterocycles. The highest BCUT2D eigenvalue weighted by Gasteiger charge is 2.35. The van der Waals surface area contributed by atoms with Crippen LogP contribution in [0.25, 0.3) is 0 Å². The predicted molar refractivity (Wildman–Crippen MR) is 111 cm³/mol. The minimum Gasteiger partial charge on any atom is -0.459 e. The number of aromatic amines is 1. The number of rotatable bonds is 6. The summed E-state index contributed by atoms with van der Waals surface area (Å²) in [6.07, 6.45) is 1.12. The first-order chi connectivity index (χ1) is 14.2. The topological polar surface area (TPSA) is 80.4 Å². The Labute approximate surface area is 176 Å². The molecule has 0 saturated carbocycles. The molecule has 1 aromatic carbocycles. The number of carbonyl (C=O) groups is 2. The van der Waals surface area contributed by atoms with E-state index in [9.17, 15) is 14.0 Å². The van der Waals surface area contributed by atoms with Crippen LogP contribution in [0, 0.1) is 19.7 Å². The summed E-state index contributed by atoms with van der Waals surface area (Å²) in [5, 5.41) is 2.99. The largest absolute Gasteiger partial charge is 0.459 e. The summed E-state index contributed by atoms with van der Waals surface area (Å²) in [6.45, 7) is 8.49. The quantitative estimate of drug-likeness (QED) is 0.702. The van der Waals surface area contributed by atoms with Crippen LogP contribution < -0.4 is 5.32 Å². The van der Waals surface area contributed by atoms with Gasteiger partial charge in [0.15, 0.2) is 0 Å². The van der Waals surface area contributed by atoms with E-state index >= 15 is 0 Å². The third-order valence-corrected chi connectivity index (χ3v) is 5.69. The molecule has 2 N–H and O–H groups in total. The normalized spacial score (nSPS) is 15.8. The summed E-state index contributed by atoms with van der Waals surface area (Å²) in [7, 11) is 0. The zero-order valence-corrected chi connectivity index (χ0v) is 17.9. The number of aryl methyl sites for hydroxylation is 1. The van der Waals surface area contributed by atoms with Crippen molar-refractivity contribution in [2.75, 3.05) is 19.8 Å². The van der Waals surface area contributed by atoms with Gasteiger partial charge in [0.05, 0.1) is 11.7 Å². The highest BCUT2D eigenvalue weighted by atomic mass is 19.1. The molecule has 162 valence electrons. The minimum atomic E-state index is -0.448. The van der Waals surface area contributed by atoms with Crippen LogP contribution in [0.5, 0.6) is 0 Å². The predicted octanol–water partition coefficient (Wildman–Crippen LogP) is 3.81. The van der Waals surface area contributed by atoms with Gasteiger partial charge < -0.3 is 19.8 Å². The van der Waals surface area contributed by atoms with Crippen molar-refractivity contribution in [1.82, 2.24) is 10.3 Å². The first kappa shape index (κ1) is 22.0. The van der Waals surface area contributed by atoms with E-state index < -0.39 is 11.4 Å². The van der Waals surface area contributed by atoms with E-state index in [4.69, 9.17) is 9.47 Å². The van der Waals surface area contributed by atoms with E-state index in [0.29, 0.717) is 55.1 Å². The summed E-state index contributed by atoms with van der Waals surface area (Å²) in [4.78, 5) is 28.4. The third kappa shape index (κ3) is 4.56. The van der Waals surface area contributed by atoms with Crippen LogP contribution in [0.3, 0.4) is 0 Å². The molecular weight excluding hydrogens is 387 g/mol. The Kier molecular flexibility index (Phi) is 6.61. The molecule has 0 aliphatic carbocycles. The molecule has 1 aromatic heterocycles. The molecule has 1 aliphatic rings. The van der Waals surface area contributed by atoms with E-state index in [1.54, 1.807) is 33.8 Å². The maximum absolute atomic E-state index is 13.9. The molecule has 7 heteroatoms. The van der Waals surface area contributed by atoms with E-state index in [2.05, 4.69) is 10.3 Å². The molecule has 3 rings (SSSR count). The molecule has 0 unspecified atom stereocenters. The highest BCUT2D eigenvalue weighted by molar-refractivity contribution is 6.00. The Balaban J connectivity index is 1.81. The van der Waals surface area contributed by atoms with Crippen LogP contribution in [0.1, 0.15) is 64.4 Å². The number of hydrogen-bond acceptors (Lipinski definition) is 4. The van der Waals surface area contributed by atoms with Crippen LogP contribution in [0.2, 0.25) is 0 Å². The summed E-state index contributed by atoms with van der Waals surface area (Å²) in [5.74, 6) is -1.05. The number of esters is 1. The SMILES string of the molecule is Cc1[nH]c(C(=O)NCC2(c3cccc(F)c3)CCOCC2)c(C)c1C(=O)OC(C)C. The van der Waals surface area contributed by atoms with Crippen LogP contribution in [-0.2, 0) is 14.9 Å². The van der Waals surface area contributed by atoms with Gasteiger partial charge in [-0.05, 0) is 63.8 Å². The molecule has 0 bridgehead atoms. The van der Waals surface area contributed by atoms with E-state index in [0.717, 1.165) is 5.56 Å². The Morgan fingerprint density at radius 1 is 1.27 bits per heavy atom. The first-order valence-corrected chi connectivity index (χ1v) is 10.3. The number of benzene rings is 1. The third-order valence-electron chi connectivity index (χ3n) is 5.69. The van der Waals surface area contributed by atoms with Crippen LogP contribution in [0.15, 0.2) is 24.3 Å². The van der Waals surface area contributed by atoms with Crippen molar-refractivity contribution < 1.29 is 23.5 Å². The lowest BCUT2D eigenvalue weighted by Crippen LogP contribution is -2.44. The summed E-state index contributed by atoms with van der Waals surface area (Å²) in [5.41, 5.74) is 2.33. The number of H-pyrrole nitrogens is 1. The highest BCUT2D eigenvalue weighted by Crippen LogP contribution is 2.34. The van der Waals surface area contributed by atoms with Gasteiger partial charge in [-0.3, -0.25) is 4.79 Å². The smallest absolute Gasteiger partial charge is 0.340 e. The average Bonchev–Trinajstić information content (AvgIpc) is 3.00. The summed E-state index contributed by atoms with van der Waals surface area (Å²) < 4.78 is 24.6. The number of hydrogen-bond donors (Lipinski definition) is 2. The maximum Gasteiger partial charge on any atom is 0.340 e. The number of halogens is 1. The lowest BCUT2D eigenvalue weighted by molar-refractivity contribution is 0.0376. The Morgan fingerprint density at radius 3 is 2.60 bits per heavy atom. The van der Waals surface area contributed by atoms with Crippen molar-refractivity contribution in [3.8, 4) is 0 Å². The minimum absolute atomic E-state index is 0.247. The monoisotopic (exact) mass is 416 g/mol. The lowest BCUT2D eigenvalue weighted by atomic mass is 9.74. The van der Waals surface area contributed by atoms with Crippen LogP contribution >= 0.6 is 0 Å². The van der Waals surface area contributed by atoms with Gasteiger partial charge in [-0.1, -0.05) is 12.1 Å². The number of aromatic nitrogens is 1. The molecule has 2 aromatic rings. The molecule has 2 heterocycles. The Bertz CT molecular complexity index is 929.